The SMILES string of the molecule is CCCC(N)C(=O)NCC1(O)CCC(C)CC1. The first-order valence-corrected chi connectivity index (χ1v) is 6.72. The van der Waals surface area contributed by atoms with Crippen LogP contribution in [0.15, 0.2) is 0 Å². The second-order valence-electron chi connectivity index (χ2n) is 5.52. The van der Waals surface area contributed by atoms with E-state index < -0.39 is 11.6 Å². The largest absolute Gasteiger partial charge is 0.388 e. The van der Waals surface area contributed by atoms with Crippen LogP contribution in [0.3, 0.4) is 0 Å². The van der Waals surface area contributed by atoms with Gasteiger partial charge in [0, 0.05) is 6.54 Å². The van der Waals surface area contributed by atoms with E-state index in [0.717, 1.165) is 32.1 Å². The Bertz CT molecular complexity index is 248. The topological polar surface area (TPSA) is 75.4 Å². The van der Waals surface area contributed by atoms with E-state index in [1.807, 2.05) is 6.92 Å². The number of nitrogens with two attached hydrogens (primary N) is 1. The lowest BCUT2D eigenvalue weighted by molar-refractivity contribution is -0.124. The van der Waals surface area contributed by atoms with Crippen molar-refractivity contribution in [1.82, 2.24) is 5.32 Å². The summed E-state index contributed by atoms with van der Waals surface area (Å²) in [6.45, 7) is 4.55. The second-order valence-corrected chi connectivity index (χ2v) is 5.52. The average molecular weight is 242 g/mol. The first-order valence-electron chi connectivity index (χ1n) is 6.72. The Hall–Kier alpha value is -0.610. The van der Waals surface area contributed by atoms with E-state index in [9.17, 15) is 9.90 Å². The zero-order chi connectivity index (χ0) is 12.9. The molecular weight excluding hydrogens is 216 g/mol. The standard InChI is InChI=1S/C13H26N2O2/c1-3-4-11(14)12(16)15-9-13(17)7-5-10(2)6-8-13/h10-11,17H,3-9,14H2,1-2H3,(H,15,16). The number of nitrogens with one attached hydrogen (secondary N) is 1. The van der Waals surface area contributed by atoms with Gasteiger partial charge in [-0.05, 0) is 38.0 Å². The minimum absolute atomic E-state index is 0.140. The van der Waals surface area contributed by atoms with Crippen LogP contribution in [0.4, 0.5) is 0 Å². The second kappa shape index (κ2) is 6.36. The summed E-state index contributed by atoms with van der Waals surface area (Å²) < 4.78 is 0. The summed E-state index contributed by atoms with van der Waals surface area (Å²) in [4.78, 5) is 11.6. The van der Waals surface area contributed by atoms with Gasteiger partial charge < -0.3 is 16.2 Å². The van der Waals surface area contributed by atoms with Crippen molar-refractivity contribution in [2.24, 2.45) is 11.7 Å². The maximum Gasteiger partial charge on any atom is 0.237 e. The summed E-state index contributed by atoms with van der Waals surface area (Å²) in [6, 6.07) is -0.439. The molecular formula is C13H26N2O2. The number of carbonyl (C=O) groups excluding carboxylic acids is 1. The minimum atomic E-state index is -0.714. The monoisotopic (exact) mass is 242 g/mol. The van der Waals surface area contributed by atoms with Gasteiger partial charge in [0.1, 0.15) is 0 Å². The molecule has 0 radical (unpaired) electrons. The highest BCUT2D eigenvalue weighted by Crippen LogP contribution is 2.31. The van der Waals surface area contributed by atoms with E-state index in [0.29, 0.717) is 18.9 Å². The molecule has 1 amide bonds. The summed E-state index contributed by atoms with van der Waals surface area (Å²) in [5.74, 6) is 0.548. The zero-order valence-electron chi connectivity index (χ0n) is 11.0. The van der Waals surface area contributed by atoms with Crippen LogP contribution in [0.5, 0.6) is 0 Å². The molecule has 0 saturated heterocycles. The van der Waals surface area contributed by atoms with Crippen molar-refractivity contribution in [3.8, 4) is 0 Å². The Kier molecular flexibility index (Phi) is 5.40. The summed E-state index contributed by atoms with van der Waals surface area (Å²) in [5, 5.41) is 13.1. The van der Waals surface area contributed by atoms with Crippen molar-refractivity contribution >= 4 is 5.91 Å². The smallest absolute Gasteiger partial charge is 0.237 e. The summed E-state index contributed by atoms with van der Waals surface area (Å²) in [7, 11) is 0. The number of amides is 1. The first kappa shape index (κ1) is 14.5. The molecule has 1 rings (SSSR count). The van der Waals surface area contributed by atoms with Gasteiger partial charge in [-0.3, -0.25) is 4.79 Å². The fraction of sp³-hybridized carbons (Fsp3) is 0.923. The van der Waals surface area contributed by atoms with Gasteiger partial charge in [0.05, 0.1) is 11.6 Å². The highest BCUT2D eigenvalue weighted by Gasteiger charge is 2.32. The third kappa shape index (κ3) is 4.64. The van der Waals surface area contributed by atoms with Gasteiger partial charge in [0.2, 0.25) is 5.91 Å². The van der Waals surface area contributed by atoms with Gasteiger partial charge in [-0.2, -0.15) is 0 Å². The van der Waals surface area contributed by atoms with Crippen molar-refractivity contribution in [1.29, 1.82) is 0 Å². The molecule has 1 aliphatic rings. The van der Waals surface area contributed by atoms with Crippen molar-refractivity contribution in [3.63, 3.8) is 0 Å². The maximum atomic E-state index is 11.6. The molecule has 0 spiro atoms. The molecule has 17 heavy (non-hydrogen) atoms. The Labute approximate surface area is 104 Å². The van der Waals surface area contributed by atoms with Crippen molar-refractivity contribution in [3.05, 3.63) is 0 Å². The van der Waals surface area contributed by atoms with E-state index in [1.54, 1.807) is 0 Å². The van der Waals surface area contributed by atoms with Crippen LogP contribution in [-0.4, -0.2) is 29.2 Å². The molecule has 0 aromatic rings. The number of rotatable bonds is 5. The quantitative estimate of drug-likeness (QED) is 0.677. The van der Waals surface area contributed by atoms with Crippen LogP contribution in [0.2, 0.25) is 0 Å². The minimum Gasteiger partial charge on any atom is -0.388 e. The molecule has 0 bridgehead atoms. The molecule has 0 heterocycles. The van der Waals surface area contributed by atoms with E-state index in [4.69, 9.17) is 5.73 Å². The van der Waals surface area contributed by atoms with E-state index in [-0.39, 0.29) is 5.91 Å². The molecule has 1 saturated carbocycles. The molecule has 100 valence electrons. The zero-order valence-corrected chi connectivity index (χ0v) is 11.0. The number of hydrogen-bond donors (Lipinski definition) is 3. The van der Waals surface area contributed by atoms with Gasteiger partial charge in [-0.25, -0.2) is 0 Å². The number of aliphatic hydroxyl groups is 1. The van der Waals surface area contributed by atoms with Gasteiger partial charge in [0.15, 0.2) is 0 Å². The van der Waals surface area contributed by atoms with Crippen molar-refractivity contribution < 1.29 is 9.90 Å². The summed E-state index contributed by atoms with van der Waals surface area (Å²) in [6.07, 6.45) is 5.22. The van der Waals surface area contributed by atoms with E-state index in [2.05, 4.69) is 12.2 Å². The van der Waals surface area contributed by atoms with Crippen LogP contribution in [0, 0.1) is 5.92 Å². The predicted octanol–water partition coefficient (Wildman–Crippen LogP) is 1.17. The van der Waals surface area contributed by atoms with Gasteiger partial charge in [0.25, 0.3) is 0 Å². The lowest BCUT2D eigenvalue weighted by atomic mass is 9.79. The Morgan fingerprint density at radius 3 is 2.65 bits per heavy atom. The van der Waals surface area contributed by atoms with Crippen LogP contribution >= 0.6 is 0 Å². The summed E-state index contributed by atoms with van der Waals surface area (Å²) in [5.41, 5.74) is 5.00. The van der Waals surface area contributed by atoms with Gasteiger partial charge >= 0.3 is 0 Å². The highest BCUT2D eigenvalue weighted by atomic mass is 16.3. The van der Waals surface area contributed by atoms with E-state index in [1.165, 1.54) is 0 Å². The van der Waals surface area contributed by atoms with Gasteiger partial charge in [-0.1, -0.05) is 20.3 Å². The molecule has 4 N–H and O–H groups in total. The Morgan fingerprint density at radius 1 is 1.53 bits per heavy atom. The molecule has 0 aliphatic heterocycles. The summed E-state index contributed by atoms with van der Waals surface area (Å²) >= 11 is 0. The van der Waals surface area contributed by atoms with Crippen LogP contribution in [0.1, 0.15) is 52.4 Å². The lowest BCUT2D eigenvalue weighted by Crippen LogP contribution is -2.49. The third-order valence-electron chi connectivity index (χ3n) is 3.73. The molecule has 1 atom stereocenters. The Morgan fingerprint density at radius 2 is 2.12 bits per heavy atom. The fourth-order valence-corrected chi connectivity index (χ4v) is 2.30. The van der Waals surface area contributed by atoms with Crippen LogP contribution in [-0.2, 0) is 4.79 Å². The van der Waals surface area contributed by atoms with Crippen molar-refractivity contribution in [2.75, 3.05) is 6.54 Å². The van der Waals surface area contributed by atoms with Crippen LogP contribution in [0.25, 0.3) is 0 Å². The molecule has 0 aromatic carbocycles. The van der Waals surface area contributed by atoms with Crippen molar-refractivity contribution in [2.45, 2.75) is 64.0 Å². The maximum absolute atomic E-state index is 11.6. The third-order valence-corrected chi connectivity index (χ3v) is 3.73. The molecule has 1 aliphatic carbocycles. The van der Waals surface area contributed by atoms with E-state index >= 15 is 0 Å². The lowest BCUT2D eigenvalue weighted by Gasteiger charge is -2.35. The normalized spacial score (nSPS) is 30.9. The Balaban J connectivity index is 2.32. The molecule has 4 heteroatoms. The molecule has 1 unspecified atom stereocenters. The molecule has 4 nitrogen and oxygen atoms in total. The number of carbonyl (C=O) groups is 1. The first-order chi connectivity index (χ1) is 7.97. The van der Waals surface area contributed by atoms with Gasteiger partial charge in [-0.15, -0.1) is 0 Å². The predicted molar refractivity (Wildman–Crippen MR) is 68.5 cm³/mol. The highest BCUT2D eigenvalue weighted by molar-refractivity contribution is 5.81. The molecule has 0 aromatic heterocycles. The average Bonchev–Trinajstić information content (AvgIpc) is 2.31. The molecule has 1 fully saturated rings. The fourth-order valence-electron chi connectivity index (χ4n) is 2.30. The van der Waals surface area contributed by atoms with Crippen LogP contribution < -0.4 is 11.1 Å². The number of hydrogen-bond acceptors (Lipinski definition) is 3.